The first-order valence-electron chi connectivity index (χ1n) is 13.9. The van der Waals surface area contributed by atoms with E-state index >= 15 is 0 Å². The molecular weight excluding hydrogens is 498 g/mol. The van der Waals surface area contributed by atoms with Crippen LogP contribution in [0.4, 0.5) is 0 Å². The highest BCUT2D eigenvalue weighted by molar-refractivity contribution is 5.81. The van der Waals surface area contributed by atoms with E-state index in [2.05, 4.69) is 18.2 Å². The van der Waals surface area contributed by atoms with E-state index in [4.69, 9.17) is 10.00 Å². The van der Waals surface area contributed by atoms with E-state index < -0.39 is 12.0 Å². The van der Waals surface area contributed by atoms with Crippen LogP contribution < -0.4 is 4.74 Å². The number of piperidine rings is 1. The summed E-state index contributed by atoms with van der Waals surface area (Å²) in [6, 6.07) is 23.9. The zero-order valence-electron chi connectivity index (χ0n) is 23.0. The standard InChI is InChI=1S/C34H35N3O3/c1-25-21-29(24-37-19-8-6-15-32(37)34(38)39)33(40-20-9-3-7-18-35)22-28(25)17-16-27-13-10-14-30(31(27)23-36)26-11-4-2-5-12-26/h2,4-5,10-14,16-17,21-22,32H,3,6-9,15,19-20,24H2,1H3,(H,38,39)/b17-16+. The molecule has 40 heavy (non-hydrogen) atoms. The summed E-state index contributed by atoms with van der Waals surface area (Å²) in [5, 5.41) is 28.6. The van der Waals surface area contributed by atoms with Crippen molar-refractivity contribution < 1.29 is 14.6 Å². The van der Waals surface area contributed by atoms with Gasteiger partial charge in [0.25, 0.3) is 0 Å². The van der Waals surface area contributed by atoms with E-state index in [1.54, 1.807) is 0 Å². The van der Waals surface area contributed by atoms with Crippen molar-refractivity contribution >= 4 is 18.1 Å². The molecule has 6 heteroatoms. The normalized spacial score (nSPS) is 15.4. The molecule has 1 heterocycles. The fourth-order valence-corrected chi connectivity index (χ4v) is 5.24. The Morgan fingerprint density at radius 3 is 2.60 bits per heavy atom. The molecule has 0 aliphatic carbocycles. The van der Waals surface area contributed by atoms with Crippen LogP contribution in [0, 0.1) is 29.6 Å². The molecule has 6 nitrogen and oxygen atoms in total. The van der Waals surface area contributed by atoms with E-state index in [0.717, 1.165) is 71.4 Å². The summed E-state index contributed by atoms with van der Waals surface area (Å²) in [5.74, 6) is -0.0450. The molecule has 4 rings (SSSR count). The van der Waals surface area contributed by atoms with Crippen molar-refractivity contribution in [2.75, 3.05) is 13.2 Å². The molecule has 0 spiro atoms. The number of hydrogen-bond donors (Lipinski definition) is 1. The fourth-order valence-electron chi connectivity index (χ4n) is 5.24. The predicted molar refractivity (Wildman–Crippen MR) is 157 cm³/mol. The number of rotatable bonds is 11. The van der Waals surface area contributed by atoms with Gasteiger partial charge < -0.3 is 9.84 Å². The van der Waals surface area contributed by atoms with Crippen LogP contribution in [-0.4, -0.2) is 35.2 Å². The second-order valence-corrected chi connectivity index (χ2v) is 10.2. The zero-order chi connectivity index (χ0) is 28.3. The average molecular weight is 534 g/mol. The summed E-state index contributed by atoms with van der Waals surface area (Å²) in [6.45, 7) is 3.78. The van der Waals surface area contributed by atoms with Gasteiger partial charge in [-0.15, -0.1) is 0 Å². The molecule has 3 aromatic rings. The molecule has 0 amide bonds. The largest absolute Gasteiger partial charge is 0.493 e. The van der Waals surface area contributed by atoms with Gasteiger partial charge in [-0.3, -0.25) is 9.69 Å². The van der Waals surface area contributed by atoms with Crippen LogP contribution in [0.3, 0.4) is 0 Å². The minimum Gasteiger partial charge on any atom is -0.493 e. The summed E-state index contributed by atoms with van der Waals surface area (Å²) < 4.78 is 6.22. The molecule has 0 aromatic heterocycles. The van der Waals surface area contributed by atoms with Gasteiger partial charge in [-0.1, -0.05) is 73.2 Å². The van der Waals surface area contributed by atoms with Crippen molar-refractivity contribution in [1.82, 2.24) is 4.90 Å². The molecule has 1 atom stereocenters. The first kappa shape index (κ1) is 28.6. The third-order valence-electron chi connectivity index (χ3n) is 7.40. The number of ether oxygens (including phenoxy) is 1. The number of aryl methyl sites for hydroxylation is 1. The van der Waals surface area contributed by atoms with E-state index in [9.17, 15) is 15.2 Å². The number of carboxylic acids is 1. The van der Waals surface area contributed by atoms with Crippen LogP contribution in [0.2, 0.25) is 0 Å². The Kier molecular flexibility index (Phi) is 10.1. The first-order chi connectivity index (χ1) is 19.5. The van der Waals surface area contributed by atoms with Gasteiger partial charge in [0.2, 0.25) is 0 Å². The van der Waals surface area contributed by atoms with Crippen molar-refractivity contribution in [3.8, 4) is 29.0 Å². The van der Waals surface area contributed by atoms with Crippen LogP contribution in [0.25, 0.3) is 23.3 Å². The van der Waals surface area contributed by atoms with Gasteiger partial charge in [0.1, 0.15) is 17.9 Å². The van der Waals surface area contributed by atoms with E-state index in [-0.39, 0.29) is 0 Å². The first-order valence-corrected chi connectivity index (χ1v) is 13.9. The Morgan fingerprint density at radius 1 is 1.05 bits per heavy atom. The molecule has 1 saturated heterocycles. The minimum absolute atomic E-state index is 0.487. The van der Waals surface area contributed by atoms with Crippen molar-refractivity contribution in [2.45, 2.75) is 58.0 Å². The van der Waals surface area contributed by atoms with Crippen molar-refractivity contribution in [2.24, 2.45) is 0 Å². The molecule has 0 radical (unpaired) electrons. The van der Waals surface area contributed by atoms with Gasteiger partial charge in [-0.2, -0.15) is 10.5 Å². The maximum Gasteiger partial charge on any atom is 0.320 e. The smallest absolute Gasteiger partial charge is 0.320 e. The topological polar surface area (TPSA) is 97.3 Å². The maximum atomic E-state index is 11.9. The highest BCUT2D eigenvalue weighted by Crippen LogP contribution is 2.31. The number of nitriles is 2. The summed E-state index contributed by atoms with van der Waals surface area (Å²) in [4.78, 5) is 13.9. The van der Waals surface area contributed by atoms with Gasteiger partial charge in [-0.05, 0) is 67.5 Å². The summed E-state index contributed by atoms with van der Waals surface area (Å²) in [6.07, 6.45) is 8.57. The molecule has 1 aliphatic heterocycles. The molecule has 1 N–H and O–H groups in total. The van der Waals surface area contributed by atoms with Crippen LogP contribution in [0.1, 0.15) is 66.3 Å². The Hall–Kier alpha value is -4.39. The molecular formula is C34H35N3O3. The molecule has 204 valence electrons. The highest BCUT2D eigenvalue weighted by Gasteiger charge is 2.29. The lowest BCUT2D eigenvalue weighted by Gasteiger charge is -2.33. The number of likely N-dealkylation sites (tertiary alicyclic amines) is 1. The molecule has 0 saturated carbocycles. The van der Waals surface area contributed by atoms with E-state index in [1.165, 1.54) is 0 Å². The third kappa shape index (κ3) is 7.17. The van der Waals surface area contributed by atoms with Crippen LogP contribution in [-0.2, 0) is 11.3 Å². The summed E-state index contributed by atoms with van der Waals surface area (Å²) >= 11 is 0. The monoisotopic (exact) mass is 533 g/mol. The second kappa shape index (κ2) is 14.1. The number of carboxylic acid groups (broad SMARTS) is 1. The van der Waals surface area contributed by atoms with Gasteiger partial charge >= 0.3 is 5.97 Å². The lowest BCUT2D eigenvalue weighted by molar-refractivity contribution is -0.144. The Bertz CT molecular complexity index is 1430. The fraction of sp³-hybridized carbons (Fsp3) is 0.324. The van der Waals surface area contributed by atoms with Crippen LogP contribution >= 0.6 is 0 Å². The Morgan fingerprint density at radius 2 is 1.85 bits per heavy atom. The number of benzene rings is 3. The molecule has 1 unspecified atom stereocenters. The van der Waals surface area contributed by atoms with Crippen LogP contribution in [0.15, 0.2) is 60.7 Å². The number of nitrogens with zero attached hydrogens (tertiary/aromatic N) is 3. The van der Waals surface area contributed by atoms with Crippen molar-refractivity contribution in [3.05, 3.63) is 88.5 Å². The van der Waals surface area contributed by atoms with Gasteiger partial charge in [0.05, 0.1) is 18.2 Å². The third-order valence-corrected chi connectivity index (χ3v) is 7.40. The number of carbonyl (C=O) groups is 1. The van der Waals surface area contributed by atoms with Gasteiger partial charge in [0.15, 0.2) is 0 Å². The minimum atomic E-state index is -0.777. The predicted octanol–water partition coefficient (Wildman–Crippen LogP) is 7.22. The van der Waals surface area contributed by atoms with Gasteiger partial charge in [-0.25, -0.2) is 0 Å². The number of aliphatic carboxylic acids is 1. The molecule has 1 fully saturated rings. The molecule has 1 aliphatic rings. The Labute approximate surface area is 236 Å². The maximum absolute atomic E-state index is 11.9. The molecule has 3 aromatic carbocycles. The SMILES string of the molecule is Cc1cc(CN2CCCCC2C(=O)O)c(OCCCCC#N)cc1/C=C/c1cccc(-c2ccccc2)c1C#N. The van der Waals surface area contributed by atoms with Gasteiger partial charge in [0, 0.05) is 24.1 Å². The lowest BCUT2D eigenvalue weighted by Crippen LogP contribution is -2.44. The van der Waals surface area contributed by atoms with E-state index in [0.29, 0.717) is 31.6 Å². The lowest BCUT2D eigenvalue weighted by atomic mass is 9.95. The molecule has 0 bridgehead atoms. The van der Waals surface area contributed by atoms with Crippen molar-refractivity contribution in [3.63, 3.8) is 0 Å². The number of unbranched alkanes of at least 4 members (excludes halogenated alkanes) is 2. The van der Waals surface area contributed by atoms with E-state index in [1.807, 2.05) is 78.6 Å². The summed E-state index contributed by atoms with van der Waals surface area (Å²) in [7, 11) is 0. The summed E-state index contributed by atoms with van der Waals surface area (Å²) in [5.41, 5.74) is 6.34. The number of hydrogen-bond acceptors (Lipinski definition) is 5. The Balaban J connectivity index is 1.64. The van der Waals surface area contributed by atoms with Crippen molar-refractivity contribution in [1.29, 1.82) is 10.5 Å². The second-order valence-electron chi connectivity index (χ2n) is 10.2. The highest BCUT2D eigenvalue weighted by atomic mass is 16.5. The van der Waals surface area contributed by atoms with Crippen LogP contribution in [0.5, 0.6) is 5.75 Å². The zero-order valence-corrected chi connectivity index (χ0v) is 23.0. The quantitative estimate of drug-likeness (QED) is 0.206. The average Bonchev–Trinajstić information content (AvgIpc) is 2.97.